The second-order valence-electron chi connectivity index (χ2n) is 12.3. The van der Waals surface area contributed by atoms with Crippen LogP contribution in [0.4, 0.5) is 46.0 Å². The Morgan fingerprint density at radius 1 is 0.517 bits per heavy atom. The summed E-state index contributed by atoms with van der Waals surface area (Å²) in [4.78, 5) is 62.3. The van der Waals surface area contributed by atoms with E-state index in [1.165, 1.54) is 84.9 Å². The van der Waals surface area contributed by atoms with Gasteiger partial charge in [-0.3, -0.25) is 50.5 Å². The smallest absolute Gasteiger partial charge is 0.295 e. The predicted molar refractivity (Wildman–Crippen MR) is 226 cm³/mol. The van der Waals surface area contributed by atoms with Crippen molar-refractivity contribution < 1.29 is 19.7 Å². The maximum atomic E-state index is 12.3. The van der Waals surface area contributed by atoms with Crippen LogP contribution in [0.25, 0.3) is 22.5 Å². The summed E-state index contributed by atoms with van der Waals surface area (Å²) in [5, 5.41) is 57.1. The van der Waals surface area contributed by atoms with Crippen LogP contribution in [-0.4, -0.2) is 65.8 Å². The SMILES string of the molecule is O=[N+]([O-])c1ccc(NCCN(c2ccc([N+](=O)[O-])c(-c3ccc(Cl)cc3Cl)n2)N(CCNc2ccc([N+](=O)[O-])cn2)c2ccc([N+](=O)[O-])c(-c3ccc(Cl)cc3Cl)n2)nc1. The van der Waals surface area contributed by atoms with E-state index >= 15 is 0 Å². The third-order valence-electron chi connectivity index (χ3n) is 8.48. The van der Waals surface area contributed by atoms with Gasteiger partial charge in [0.15, 0.2) is 11.4 Å². The molecule has 60 heavy (non-hydrogen) atoms. The molecule has 0 aliphatic heterocycles. The van der Waals surface area contributed by atoms with Crippen LogP contribution in [-0.2, 0) is 0 Å². The van der Waals surface area contributed by atoms with Crippen LogP contribution < -0.4 is 20.7 Å². The van der Waals surface area contributed by atoms with E-state index in [1.54, 1.807) is 10.0 Å². The largest absolute Gasteiger partial charge is 0.368 e. The molecule has 2 aromatic carbocycles. The van der Waals surface area contributed by atoms with Crippen LogP contribution in [0.5, 0.6) is 0 Å². The molecule has 0 fully saturated rings. The molecule has 4 aromatic heterocycles. The molecular weight excluding hydrogens is 870 g/mol. The molecule has 6 rings (SSSR count). The molecule has 20 nitrogen and oxygen atoms in total. The average molecular weight is 896 g/mol. The van der Waals surface area contributed by atoms with Crippen LogP contribution in [0.1, 0.15) is 0 Å². The zero-order chi connectivity index (χ0) is 43.1. The summed E-state index contributed by atoms with van der Waals surface area (Å²) < 4.78 is 0. The molecule has 0 radical (unpaired) electrons. The van der Waals surface area contributed by atoms with Crippen molar-refractivity contribution in [2.24, 2.45) is 0 Å². The monoisotopic (exact) mass is 894 g/mol. The molecule has 4 heterocycles. The van der Waals surface area contributed by atoms with Gasteiger partial charge < -0.3 is 10.6 Å². The summed E-state index contributed by atoms with van der Waals surface area (Å²) in [6, 6.07) is 19.4. The zero-order valence-corrected chi connectivity index (χ0v) is 33.3. The van der Waals surface area contributed by atoms with Gasteiger partial charge in [0.2, 0.25) is 0 Å². The summed E-state index contributed by atoms with van der Waals surface area (Å²) in [6.07, 6.45) is 2.16. The van der Waals surface area contributed by atoms with Gasteiger partial charge >= 0.3 is 0 Å². The van der Waals surface area contributed by atoms with Crippen LogP contribution in [0.15, 0.2) is 97.3 Å². The van der Waals surface area contributed by atoms with E-state index in [0.717, 1.165) is 12.4 Å². The van der Waals surface area contributed by atoms with Crippen molar-refractivity contribution >= 4 is 92.4 Å². The summed E-state index contributed by atoms with van der Waals surface area (Å²) >= 11 is 25.4. The van der Waals surface area contributed by atoms with Crippen molar-refractivity contribution in [3.8, 4) is 22.5 Å². The number of pyridine rings is 4. The normalized spacial score (nSPS) is 10.8. The lowest BCUT2D eigenvalue weighted by atomic mass is 10.1. The number of benzene rings is 2. The van der Waals surface area contributed by atoms with Crippen molar-refractivity contribution in [2.45, 2.75) is 0 Å². The number of anilines is 4. The standard InChI is InChI=1S/C36H26Cl4N12O8/c37-21-1-5-25(27(39)17-21)35-29(51(57)58)7-11-33(45-35)47(15-13-41-31-9-3-23(19-43-31)49(53)54)48(16-14-42-32-10-4-24(20-44-32)50(55)56)34-12-8-30(52(59)60)36(46-34)26-6-2-22(38)18-28(26)40/h1-12,17-20H,13-16H2,(H,41,43)(H,42,44). The van der Waals surface area contributed by atoms with Gasteiger partial charge in [-0.25, -0.2) is 19.9 Å². The lowest BCUT2D eigenvalue weighted by Gasteiger charge is -2.37. The highest BCUT2D eigenvalue weighted by Gasteiger charge is 2.28. The Balaban J connectivity index is 1.49. The number of halogens is 4. The molecule has 2 N–H and O–H groups in total. The van der Waals surface area contributed by atoms with E-state index in [9.17, 15) is 40.5 Å². The van der Waals surface area contributed by atoms with Crippen LogP contribution in [0, 0.1) is 40.5 Å². The number of hydrogen-bond donors (Lipinski definition) is 2. The molecule has 6 aromatic rings. The molecular formula is C36H26Cl4N12O8. The molecule has 0 aliphatic rings. The number of hydrazine groups is 1. The van der Waals surface area contributed by atoms with E-state index in [2.05, 4.69) is 20.6 Å². The molecule has 0 saturated heterocycles. The Bertz CT molecular complexity index is 2430. The lowest BCUT2D eigenvalue weighted by molar-refractivity contribution is -0.385. The number of nitrogens with one attached hydrogen (secondary N) is 2. The van der Waals surface area contributed by atoms with Gasteiger partial charge in [-0.1, -0.05) is 46.4 Å². The molecule has 0 aliphatic carbocycles. The molecule has 0 atom stereocenters. The lowest BCUT2D eigenvalue weighted by Crippen LogP contribution is -2.48. The average Bonchev–Trinajstić information content (AvgIpc) is 3.21. The van der Waals surface area contributed by atoms with Crippen molar-refractivity contribution in [3.05, 3.63) is 158 Å². The first-order chi connectivity index (χ1) is 28.7. The Morgan fingerprint density at radius 3 is 1.23 bits per heavy atom. The fourth-order valence-electron chi connectivity index (χ4n) is 5.72. The van der Waals surface area contributed by atoms with Crippen molar-refractivity contribution in [1.29, 1.82) is 0 Å². The van der Waals surface area contributed by atoms with Crippen molar-refractivity contribution in [2.75, 3.05) is 46.8 Å². The van der Waals surface area contributed by atoms with Crippen LogP contribution in [0.3, 0.4) is 0 Å². The third-order valence-corrected chi connectivity index (χ3v) is 9.58. The molecule has 0 unspecified atom stereocenters. The van der Waals surface area contributed by atoms with Crippen LogP contribution >= 0.6 is 46.4 Å². The minimum Gasteiger partial charge on any atom is -0.368 e. The predicted octanol–water partition coefficient (Wildman–Crippen LogP) is 9.30. The summed E-state index contributed by atoms with van der Waals surface area (Å²) in [5.41, 5.74) is -1.09. The van der Waals surface area contributed by atoms with Gasteiger partial charge in [-0.2, -0.15) is 0 Å². The minimum atomic E-state index is -0.623. The number of hydrogen-bond acceptors (Lipinski definition) is 16. The number of rotatable bonds is 17. The highest BCUT2D eigenvalue weighted by Crippen LogP contribution is 2.39. The first kappa shape index (κ1) is 42.6. The van der Waals surface area contributed by atoms with Gasteiger partial charge in [0.05, 0.1) is 42.8 Å². The quantitative estimate of drug-likeness (QED) is 0.0638. The van der Waals surface area contributed by atoms with E-state index < -0.39 is 19.7 Å². The summed E-state index contributed by atoms with van der Waals surface area (Å²) in [6.45, 7) is 0.111. The summed E-state index contributed by atoms with van der Waals surface area (Å²) in [7, 11) is 0. The highest BCUT2D eigenvalue weighted by molar-refractivity contribution is 6.37. The Labute approximate surface area is 357 Å². The minimum absolute atomic E-state index is 0.0112. The first-order valence-electron chi connectivity index (χ1n) is 17.2. The first-order valence-corrected chi connectivity index (χ1v) is 18.7. The Hall–Kier alpha value is -7.00. The van der Waals surface area contributed by atoms with Gasteiger partial charge in [0.25, 0.3) is 22.7 Å². The highest BCUT2D eigenvalue weighted by atomic mass is 35.5. The molecule has 0 bridgehead atoms. The van der Waals surface area contributed by atoms with Gasteiger partial charge in [-0.15, -0.1) is 0 Å². The molecule has 0 saturated carbocycles. The fraction of sp³-hybridized carbons (Fsp3) is 0.111. The Kier molecular flexibility index (Phi) is 13.3. The maximum Gasteiger partial charge on any atom is 0.295 e. The van der Waals surface area contributed by atoms with E-state index in [1.807, 2.05) is 0 Å². The second-order valence-corrected chi connectivity index (χ2v) is 13.9. The van der Waals surface area contributed by atoms with Crippen molar-refractivity contribution in [1.82, 2.24) is 19.9 Å². The topological polar surface area (TPSA) is 255 Å². The number of nitrogens with zero attached hydrogens (tertiary/aromatic N) is 10. The molecule has 0 amide bonds. The van der Waals surface area contributed by atoms with E-state index in [4.69, 9.17) is 56.4 Å². The molecule has 306 valence electrons. The van der Waals surface area contributed by atoms with Gasteiger partial charge in [-0.05, 0) is 60.7 Å². The Morgan fingerprint density at radius 2 is 0.917 bits per heavy atom. The van der Waals surface area contributed by atoms with Crippen LogP contribution in [0.2, 0.25) is 20.1 Å². The zero-order valence-electron chi connectivity index (χ0n) is 30.3. The van der Waals surface area contributed by atoms with Gasteiger partial charge in [0.1, 0.15) is 35.7 Å². The van der Waals surface area contributed by atoms with E-state index in [-0.39, 0.29) is 115 Å². The molecule has 0 spiro atoms. The summed E-state index contributed by atoms with van der Waals surface area (Å²) in [5.74, 6) is 0.771. The number of nitro groups is 4. The van der Waals surface area contributed by atoms with Gasteiger partial charge in [0, 0.05) is 58.5 Å². The molecule has 24 heteroatoms. The van der Waals surface area contributed by atoms with E-state index in [0.29, 0.717) is 0 Å². The third kappa shape index (κ3) is 9.99. The maximum absolute atomic E-state index is 12.3. The second kappa shape index (κ2) is 18.7. The number of aromatic nitrogens is 4. The van der Waals surface area contributed by atoms with Crippen molar-refractivity contribution in [3.63, 3.8) is 0 Å². The fourth-order valence-corrected chi connectivity index (χ4v) is 6.72.